The van der Waals surface area contributed by atoms with Gasteiger partial charge in [0.2, 0.25) is 0 Å². The molecule has 1 heterocycles. The average molecular weight is 259 g/mol. The molecule has 0 radical (unpaired) electrons. The zero-order valence-electron chi connectivity index (χ0n) is 9.31. The van der Waals surface area contributed by atoms with Crippen molar-refractivity contribution in [1.82, 2.24) is 5.32 Å². The van der Waals surface area contributed by atoms with Crippen molar-refractivity contribution < 1.29 is 9.90 Å². The molecule has 1 unspecified atom stereocenters. The number of hydrogen-bond donors (Lipinski definition) is 2. The van der Waals surface area contributed by atoms with Crippen molar-refractivity contribution in [2.24, 2.45) is 0 Å². The molecule has 1 rings (SSSR count). The highest BCUT2D eigenvalue weighted by atomic mass is 32.2. The van der Waals surface area contributed by atoms with Crippen LogP contribution in [0.4, 0.5) is 0 Å². The SMILES string of the molecule is CCCNC(CCSc1cccs1)C(=O)O. The highest BCUT2D eigenvalue weighted by Gasteiger charge is 2.15. The topological polar surface area (TPSA) is 49.3 Å². The number of carboxylic acids is 1. The lowest BCUT2D eigenvalue weighted by Crippen LogP contribution is -2.37. The van der Waals surface area contributed by atoms with Gasteiger partial charge in [-0.05, 0) is 30.8 Å². The van der Waals surface area contributed by atoms with Crippen molar-refractivity contribution in [3.8, 4) is 0 Å². The summed E-state index contributed by atoms with van der Waals surface area (Å²) in [5.41, 5.74) is 0. The first kappa shape index (κ1) is 13.5. The van der Waals surface area contributed by atoms with E-state index in [2.05, 4.69) is 11.4 Å². The second kappa shape index (κ2) is 7.70. The summed E-state index contributed by atoms with van der Waals surface area (Å²) in [4.78, 5) is 10.9. The Bertz CT molecular complexity index is 301. The highest BCUT2D eigenvalue weighted by Crippen LogP contribution is 2.24. The summed E-state index contributed by atoms with van der Waals surface area (Å²) in [6.45, 7) is 2.80. The molecule has 0 saturated heterocycles. The third-order valence-corrected chi connectivity index (χ3v) is 4.25. The van der Waals surface area contributed by atoms with E-state index in [1.165, 1.54) is 4.21 Å². The zero-order chi connectivity index (χ0) is 11.8. The normalized spacial score (nSPS) is 12.6. The van der Waals surface area contributed by atoms with Gasteiger partial charge in [-0.25, -0.2) is 0 Å². The maximum absolute atomic E-state index is 10.9. The van der Waals surface area contributed by atoms with Gasteiger partial charge in [0.25, 0.3) is 0 Å². The van der Waals surface area contributed by atoms with Crippen LogP contribution in [0.15, 0.2) is 21.7 Å². The molecule has 0 bridgehead atoms. The summed E-state index contributed by atoms with van der Waals surface area (Å²) >= 11 is 3.42. The van der Waals surface area contributed by atoms with Crippen LogP contribution < -0.4 is 5.32 Å². The third kappa shape index (κ3) is 5.01. The van der Waals surface area contributed by atoms with E-state index < -0.39 is 12.0 Å². The molecule has 1 aromatic heterocycles. The van der Waals surface area contributed by atoms with Crippen molar-refractivity contribution in [2.45, 2.75) is 30.0 Å². The lowest BCUT2D eigenvalue weighted by molar-refractivity contribution is -0.139. The Morgan fingerprint density at radius 2 is 2.50 bits per heavy atom. The predicted molar refractivity (Wildman–Crippen MR) is 69.4 cm³/mol. The third-order valence-electron chi connectivity index (χ3n) is 2.08. The minimum atomic E-state index is -0.750. The Morgan fingerprint density at radius 3 is 3.06 bits per heavy atom. The number of rotatable bonds is 8. The molecule has 16 heavy (non-hydrogen) atoms. The molecule has 0 saturated carbocycles. The molecular formula is C11H17NO2S2. The molecule has 0 aliphatic rings. The second-order valence-electron chi connectivity index (χ2n) is 3.41. The average Bonchev–Trinajstić information content (AvgIpc) is 2.75. The Hall–Kier alpha value is -0.520. The molecule has 5 heteroatoms. The van der Waals surface area contributed by atoms with Crippen molar-refractivity contribution in [2.75, 3.05) is 12.3 Å². The summed E-state index contributed by atoms with van der Waals surface area (Å²) in [6.07, 6.45) is 1.62. The van der Waals surface area contributed by atoms with Gasteiger partial charge in [0.15, 0.2) is 0 Å². The van der Waals surface area contributed by atoms with Gasteiger partial charge in [0, 0.05) is 5.75 Å². The quantitative estimate of drug-likeness (QED) is 0.705. The summed E-state index contributed by atoms with van der Waals surface area (Å²) in [7, 11) is 0. The van der Waals surface area contributed by atoms with E-state index in [0.29, 0.717) is 6.42 Å². The molecule has 0 spiro atoms. The van der Waals surface area contributed by atoms with Crippen molar-refractivity contribution in [1.29, 1.82) is 0 Å². The summed E-state index contributed by atoms with van der Waals surface area (Å²) in [5.74, 6) is 0.0917. The molecule has 1 aromatic rings. The Labute approximate surface area is 104 Å². The minimum Gasteiger partial charge on any atom is -0.480 e. The standard InChI is InChI=1S/C11H17NO2S2/c1-2-6-12-9(11(13)14)5-8-16-10-4-3-7-15-10/h3-4,7,9,12H,2,5-6,8H2,1H3,(H,13,14). The van der Waals surface area contributed by atoms with Crippen LogP contribution in [0.3, 0.4) is 0 Å². The van der Waals surface area contributed by atoms with E-state index in [0.717, 1.165) is 18.7 Å². The van der Waals surface area contributed by atoms with Crippen LogP contribution in [0.5, 0.6) is 0 Å². The molecule has 2 N–H and O–H groups in total. The number of aliphatic carboxylic acids is 1. The van der Waals surface area contributed by atoms with E-state index >= 15 is 0 Å². The van der Waals surface area contributed by atoms with Gasteiger partial charge in [-0.3, -0.25) is 4.79 Å². The van der Waals surface area contributed by atoms with Gasteiger partial charge in [-0.1, -0.05) is 13.0 Å². The summed E-state index contributed by atoms with van der Waals surface area (Å²) in [5, 5.41) is 14.1. The fourth-order valence-corrected chi connectivity index (χ4v) is 3.12. The van der Waals surface area contributed by atoms with Gasteiger partial charge < -0.3 is 10.4 Å². The molecular weight excluding hydrogens is 242 g/mol. The molecule has 0 aliphatic heterocycles. The van der Waals surface area contributed by atoms with Crippen LogP contribution >= 0.6 is 23.1 Å². The monoisotopic (exact) mass is 259 g/mol. The smallest absolute Gasteiger partial charge is 0.320 e. The van der Waals surface area contributed by atoms with E-state index in [1.807, 2.05) is 18.4 Å². The number of thioether (sulfide) groups is 1. The van der Waals surface area contributed by atoms with Crippen LogP contribution in [-0.2, 0) is 4.79 Å². The summed E-state index contributed by atoms with van der Waals surface area (Å²) < 4.78 is 1.25. The van der Waals surface area contributed by atoms with Gasteiger partial charge in [-0.15, -0.1) is 23.1 Å². The van der Waals surface area contributed by atoms with Gasteiger partial charge in [0.1, 0.15) is 6.04 Å². The molecule has 3 nitrogen and oxygen atoms in total. The molecule has 0 fully saturated rings. The van der Waals surface area contributed by atoms with Crippen LogP contribution in [0.25, 0.3) is 0 Å². The van der Waals surface area contributed by atoms with Crippen LogP contribution in [0.1, 0.15) is 19.8 Å². The molecule has 1 atom stereocenters. The van der Waals surface area contributed by atoms with E-state index in [9.17, 15) is 4.79 Å². The van der Waals surface area contributed by atoms with E-state index in [1.54, 1.807) is 23.1 Å². The van der Waals surface area contributed by atoms with Crippen molar-refractivity contribution in [3.63, 3.8) is 0 Å². The molecule has 0 amide bonds. The van der Waals surface area contributed by atoms with Crippen molar-refractivity contribution in [3.05, 3.63) is 17.5 Å². The largest absolute Gasteiger partial charge is 0.480 e. The maximum Gasteiger partial charge on any atom is 0.320 e. The number of thiophene rings is 1. The van der Waals surface area contributed by atoms with Crippen molar-refractivity contribution >= 4 is 29.1 Å². The first-order chi connectivity index (χ1) is 7.74. The van der Waals surface area contributed by atoms with Gasteiger partial charge >= 0.3 is 5.97 Å². The Morgan fingerprint density at radius 1 is 1.69 bits per heavy atom. The molecule has 0 aliphatic carbocycles. The summed E-state index contributed by atoms with van der Waals surface area (Å²) in [6, 6.07) is 3.66. The zero-order valence-corrected chi connectivity index (χ0v) is 10.9. The Kier molecular flexibility index (Phi) is 6.52. The number of carbonyl (C=O) groups is 1. The van der Waals surface area contributed by atoms with E-state index in [4.69, 9.17) is 5.11 Å². The van der Waals surface area contributed by atoms with Gasteiger partial charge in [0.05, 0.1) is 4.21 Å². The minimum absolute atomic E-state index is 0.410. The van der Waals surface area contributed by atoms with Crippen LogP contribution in [-0.4, -0.2) is 29.4 Å². The number of hydrogen-bond acceptors (Lipinski definition) is 4. The maximum atomic E-state index is 10.9. The Balaban J connectivity index is 2.24. The fourth-order valence-electron chi connectivity index (χ4n) is 1.25. The first-order valence-electron chi connectivity index (χ1n) is 5.36. The highest BCUT2D eigenvalue weighted by molar-refractivity contribution is 8.01. The van der Waals surface area contributed by atoms with E-state index in [-0.39, 0.29) is 0 Å². The fraction of sp³-hybridized carbons (Fsp3) is 0.545. The first-order valence-corrected chi connectivity index (χ1v) is 7.23. The second-order valence-corrected chi connectivity index (χ2v) is 5.76. The lowest BCUT2D eigenvalue weighted by Gasteiger charge is -2.12. The van der Waals surface area contributed by atoms with Gasteiger partial charge in [-0.2, -0.15) is 0 Å². The molecule has 90 valence electrons. The van der Waals surface area contributed by atoms with Crippen LogP contribution in [0.2, 0.25) is 0 Å². The predicted octanol–water partition coefficient (Wildman–Crippen LogP) is 2.68. The number of carboxylic acid groups (broad SMARTS) is 1. The number of nitrogens with one attached hydrogen (secondary N) is 1. The lowest BCUT2D eigenvalue weighted by atomic mass is 10.2. The molecule has 0 aromatic carbocycles. The van der Waals surface area contributed by atoms with Crippen LogP contribution in [0, 0.1) is 0 Å².